The molecule has 0 unspecified atom stereocenters. The molecule has 0 atom stereocenters. The molecule has 0 aliphatic heterocycles. The van der Waals surface area contributed by atoms with Gasteiger partial charge in [-0.1, -0.05) is 28.1 Å². The third kappa shape index (κ3) is 2.16. The molecule has 0 saturated carbocycles. The van der Waals surface area contributed by atoms with E-state index in [4.69, 9.17) is 16.0 Å². The summed E-state index contributed by atoms with van der Waals surface area (Å²) in [5.41, 5.74) is 3.62. The Balaban J connectivity index is 2.13. The van der Waals surface area contributed by atoms with Gasteiger partial charge in [-0.15, -0.1) is 11.6 Å². The lowest BCUT2D eigenvalue weighted by molar-refractivity contribution is 0.620. The van der Waals surface area contributed by atoms with E-state index in [-0.39, 0.29) is 0 Å². The van der Waals surface area contributed by atoms with E-state index in [1.165, 1.54) is 0 Å². The number of hydrogen-bond acceptors (Lipinski definition) is 2. The van der Waals surface area contributed by atoms with E-state index in [9.17, 15) is 0 Å². The normalized spacial score (nSPS) is 11.0. The van der Waals surface area contributed by atoms with Crippen LogP contribution in [0.25, 0.3) is 22.6 Å². The Morgan fingerprint density at radius 1 is 1.17 bits per heavy atom. The van der Waals surface area contributed by atoms with Crippen molar-refractivity contribution in [2.45, 2.75) is 5.88 Å². The van der Waals surface area contributed by atoms with Crippen LogP contribution in [0.15, 0.2) is 51.4 Å². The number of alkyl halides is 1. The van der Waals surface area contributed by atoms with Gasteiger partial charge in [0.2, 0.25) is 5.89 Å². The van der Waals surface area contributed by atoms with Crippen molar-refractivity contribution in [3.63, 3.8) is 0 Å². The van der Waals surface area contributed by atoms with Gasteiger partial charge in [-0.05, 0) is 35.9 Å². The minimum atomic E-state index is 0.486. The molecule has 18 heavy (non-hydrogen) atoms. The molecule has 1 heterocycles. The van der Waals surface area contributed by atoms with Crippen molar-refractivity contribution in [2.75, 3.05) is 0 Å². The van der Waals surface area contributed by atoms with Gasteiger partial charge in [0, 0.05) is 15.9 Å². The Morgan fingerprint density at radius 2 is 2.06 bits per heavy atom. The molecular weight excluding hydrogens is 314 g/mol. The van der Waals surface area contributed by atoms with Crippen LogP contribution in [0.1, 0.15) is 5.56 Å². The summed E-state index contributed by atoms with van der Waals surface area (Å²) in [5.74, 6) is 1.11. The molecule has 90 valence electrons. The molecule has 0 radical (unpaired) electrons. The topological polar surface area (TPSA) is 26.0 Å². The van der Waals surface area contributed by atoms with Crippen molar-refractivity contribution in [1.82, 2.24) is 4.98 Å². The number of oxazole rings is 1. The van der Waals surface area contributed by atoms with E-state index in [1.54, 1.807) is 0 Å². The highest BCUT2D eigenvalue weighted by Gasteiger charge is 2.08. The zero-order valence-electron chi connectivity index (χ0n) is 9.36. The van der Waals surface area contributed by atoms with Gasteiger partial charge in [-0.3, -0.25) is 0 Å². The molecule has 0 aliphatic rings. The van der Waals surface area contributed by atoms with Crippen LogP contribution in [0.3, 0.4) is 0 Å². The first-order valence-electron chi connectivity index (χ1n) is 5.47. The average Bonchev–Trinajstić information content (AvgIpc) is 2.81. The Labute approximate surface area is 118 Å². The van der Waals surface area contributed by atoms with Crippen LogP contribution in [0, 0.1) is 0 Å². The number of nitrogens with zero attached hydrogens (tertiary/aromatic N) is 1. The number of halogens is 2. The van der Waals surface area contributed by atoms with Gasteiger partial charge in [-0.25, -0.2) is 4.98 Å². The summed E-state index contributed by atoms with van der Waals surface area (Å²) < 4.78 is 6.72. The molecule has 1 aromatic heterocycles. The summed E-state index contributed by atoms with van der Waals surface area (Å²) in [7, 11) is 0. The molecule has 3 aromatic rings. The second-order valence-corrected chi connectivity index (χ2v) is 5.15. The maximum absolute atomic E-state index is 5.83. The van der Waals surface area contributed by atoms with Crippen molar-refractivity contribution >= 4 is 38.6 Å². The Kier molecular flexibility index (Phi) is 3.10. The van der Waals surface area contributed by atoms with E-state index < -0.39 is 0 Å². The molecule has 3 rings (SSSR count). The fourth-order valence-electron chi connectivity index (χ4n) is 1.81. The van der Waals surface area contributed by atoms with E-state index >= 15 is 0 Å². The van der Waals surface area contributed by atoms with Gasteiger partial charge in [0.1, 0.15) is 5.52 Å². The fraction of sp³-hybridized carbons (Fsp3) is 0.0714. The number of benzene rings is 2. The number of aromatic nitrogens is 1. The molecule has 0 spiro atoms. The lowest BCUT2D eigenvalue weighted by atomic mass is 10.1. The van der Waals surface area contributed by atoms with E-state index in [0.29, 0.717) is 11.8 Å². The van der Waals surface area contributed by atoms with Gasteiger partial charge in [0.15, 0.2) is 5.58 Å². The van der Waals surface area contributed by atoms with E-state index in [0.717, 1.165) is 26.7 Å². The zero-order valence-corrected chi connectivity index (χ0v) is 11.7. The van der Waals surface area contributed by atoms with Crippen LogP contribution in [0.5, 0.6) is 0 Å². The second-order valence-electron chi connectivity index (χ2n) is 3.97. The third-order valence-corrected chi connectivity index (χ3v) is 3.48. The Bertz CT molecular complexity index is 708. The highest BCUT2D eigenvalue weighted by molar-refractivity contribution is 9.10. The largest absolute Gasteiger partial charge is 0.436 e. The minimum Gasteiger partial charge on any atom is -0.436 e. The van der Waals surface area contributed by atoms with Gasteiger partial charge in [0.05, 0.1) is 0 Å². The van der Waals surface area contributed by atoms with Crippen molar-refractivity contribution in [1.29, 1.82) is 0 Å². The van der Waals surface area contributed by atoms with Gasteiger partial charge in [-0.2, -0.15) is 0 Å². The molecule has 2 aromatic carbocycles. The summed E-state index contributed by atoms with van der Waals surface area (Å²) >= 11 is 9.25. The molecule has 0 N–H and O–H groups in total. The van der Waals surface area contributed by atoms with Crippen LogP contribution in [0.2, 0.25) is 0 Å². The molecule has 0 aliphatic carbocycles. The summed E-state index contributed by atoms with van der Waals surface area (Å²) in [4.78, 5) is 4.48. The average molecular weight is 323 g/mol. The molecule has 0 fully saturated rings. The molecule has 0 saturated heterocycles. The zero-order chi connectivity index (χ0) is 12.5. The first-order chi connectivity index (χ1) is 8.76. The van der Waals surface area contributed by atoms with E-state index in [1.807, 2.05) is 42.5 Å². The monoisotopic (exact) mass is 321 g/mol. The van der Waals surface area contributed by atoms with Gasteiger partial charge in [0.25, 0.3) is 0 Å². The van der Waals surface area contributed by atoms with Crippen LogP contribution < -0.4 is 0 Å². The number of rotatable bonds is 2. The molecule has 0 bridgehead atoms. The quantitative estimate of drug-likeness (QED) is 0.621. The van der Waals surface area contributed by atoms with Crippen molar-refractivity contribution < 1.29 is 4.42 Å². The third-order valence-electron chi connectivity index (χ3n) is 2.68. The Hall–Kier alpha value is -1.32. The predicted octanol–water partition coefficient (Wildman–Crippen LogP) is 5.00. The van der Waals surface area contributed by atoms with Gasteiger partial charge >= 0.3 is 0 Å². The van der Waals surface area contributed by atoms with Gasteiger partial charge < -0.3 is 4.42 Å². The molecule has 0 amide bonds. The summed E-state index contributed by atoms with van der Waals surface area (Å²) in [6.45, 7) is 0. The minimum absolute atomic E-state index is 0.486. The predicted molar refractivity (Wildman–Crippen MR) is 76.7 cm³/mol. The maximum atomic E-state index is 5.83. The van der Waals surface area contributed by atoms with E-state index in [2.05, 4.69) is 20.9 Å². The molecule has 2 nitrogen and oxygen atoms in total. The SMILES string of the molecule is ClCc1cccc(-c2nc3cc(Br)ccc3o2)c1. The highest BCUT2D eigenvalue weighted by atomic mass is 79.9. The molecule has 4 heteroatoms. The summed E-state index contributed by atoms with van der Waals surface area (Å²) in [6.07, 6.45) is 0. The first-order valence-corrected chi connectivity index (χ1v) is 6.80. The maximum Gasteiger partial charge on any atom is 0.227 e. The summed E-state index contributed by atoms with van der Waals surface area (Å²) in [5, 5.41) is 0. The lowest BCUT2D eigenvalue weighted by Crippen LogP contribution is -1.81. The number of hydrogen-bond donors (Lipinski definition) is 0. The molecular formula is C14H9BrClNO. The number of fused-ring (bicyclic) bond motifs is 1. The summed E-state index contributed by atoms with van der Waals surface area (Å²) in [6, 6.07) is 13.7. The van der Waals surface area contributed by atoms with Crippen LogP contribution >= 0.6 is 27.5 Å². The van der Waals surface area contributed by atoms with Crippen LogP contribution in [-0.2, 0) is 5.88 Å². The van der Waals surface area contributed by atoms with Crippen molar-refractivity contribution in [2.24, 2.45) is 0 Å². The standard InChI is InChI=1S/C14H9BrClNO/c15-11-4-5-13-12(7-11)17-14(18-13)10-3-1-2-9(6-10)8-16/h1-7H,8H2. The second kappa shape index (κ2) is 4.75. The highest BCUT2D eigenvalue weighted by Crippen LogP contribution is 2.27. The smallest absolute Gasteiger partial charge is 0.227 e. The lowest BCUT2D eigenvalue weighted by Gasteiger charge is -1.97. The van der Waals surface area contributed by atoms with Crippen molar-refractivity contribution in [3.8, 4) is 11.5 Å². The van der Waals surface area contributed by atoms with Crippen LogP contribution in [0.4, 0.5) is 0 Å². The first kappa shape index (κ1) is 11.8. The fourth-order valence-corrected chi connectivity index (χ4v) is 2.33. The van der Waals surface area contributed by atoms with Crippen molar-refractivity contribution in [3.05, 3.63) is 52.5 Å². The Morgan fingerprint density at radius 3 is 2.89 bits per heavy atom. The van der Waals surface area contributed by atoms with Crippen LogP contribution in [-0.4, -0.2) is 4.98 Å².